The standard InChI is InChI=1S/C3H8.2C2H6.7CH4/c1-3-2;2*1-2;;;;;;;/h3H2,1-2H3;2*1-2H3;7*1H4. The molecule has 0 aliphatic rings. The predicted octanol–water partition coefficient (Wildman–Crippen LogP) is 7.92. The van der Waals surface area contributed by atoms with Crippen molar-refractivity contribution in [2.75, 3.05) is 0 Å². The van der Waals surface area contributed by atoms with Gasteiger partial charge in [0, 0.05) is 0 Å². The van der Waals surface area contributed by atoms with Gasteiger partial charge in [0.05, 0.1) is 0 Å². The highest BCUT2D eigenvalue weighted by Gasteiger charge is 1.35. The van der Waals surface area contributed by atoms with Crippen LogP contribution in [0.3, 0.4) is 0 Å². The summed E-state index contributed by atoms with van der Waals surface area (Å²) in [7, 11) is 0. The molecule has 0 bridgehead atoms. The Morgan fingerprint density at radius 3 is 0.429 bits per heavy atom. The molecule has 0 unspecified atom stereocenters. The average Bonchev–Trinajstić information content (AvgIpc) is 1.78. The van der Waals surface area contributed by atoms with Gasteiger partial charge in [-0.15, -0.1) is 0 Å². The molecule has 0 atom stereocenters. The monoisotopic (exact) mass is 216 g/mol. The molecule has 0 fully saturated rings. The quantitative estimate of drug-likeness (QED) is 0.386. The van der Waals surface area contributed by atoms with Crippen molar-refractivity contribution < 1.29 is 0 Å². The Bertz CT molecular complexity index is 0. The molecule has 0 N–H and O–H groups in total. The fraction of sp³-hybridized carbons (Fsp3) is 1.00. The Kier molecular flexibility index (Phi) is 19800. The molecule has 0 nitrogen and oxygen atoms in total. The van der Waals surface area contributed by atoms with E-state index in [1.807, 2.05) is 27.7 Å². The van der Waals surface area contributed by atoms with Gasteiger partial charge < -0.3 is 0 Å². The number of hydrogen-bond acceptors (Lipinski definition) is 0. The second kappa shape index (κ2) is 1870. The van der Waals surface area contributed by atoms with E-state index in [1.54, 1.807) is 0 Å². The maximum atomic E-state index is 2.12. The molecule has 0 heterocycles. The smallest absolute Gasteiger partial charge is 0.0590 e. The lowest BCUT2D eigenvalue weighted by Gasteiger charge is -1.48. The molecule has 0 aromatic carbocycles. The Morgan fingerprint density at radius 1 is 0.429 bits per heavy atom. The first-order valence-corrected chi connectivity index (χ1v) is 3.41. The highest BCUT2D eigenvalue weighted by molar-refractivity contribution is 3.92. The summed E-state index contributed by atoms with van der Waals surface area (Å²) >= 11 is 0. The molecule has 0 aliphatic carbocycles. The largest absolute Gasteiger partial charge is 0.0776 e. The van der Waals surface area contributed by atoms with Gasteiger partial charge in [-0.2, -0.15) is 0 Å². The number of rotatable bonds is 0. The van der Waals surface area contributed by atoms with Crippen LogP contribution in [-0.2, 0) is 0 Å². The average molecular weight is 217 g/mol. The SMILES string of the molecule is C.C.C.C.C.C.C.CC.CC.CCC. The van der Waals surface area contributed by atoms with Gasteiger partial charge in [0.15, 0.2) is 0 Å². The zero-order chi connectivity index (χ0) is 6.71. The van der Waals surface area contributed by atoms with Crippen molar-refractivity contribution >= 4 is 0 Å². The topological polar surface area (TPSA) is 0 Å². The molecule has 0 aliphatic heterocycles. The fourth-order valence-corrected chi connectivity index (χ4v) is 0. The Morgan fingerprint density at radius 2 is 0.429 bits per heavy atom. The van der Waals surface area contributed by atoms with Crippen molar-refractivity contribution in [2.24, 2.45) is 0 Å². The Balaban J connectivity index is -0.00000000174. The van der Waals surface area contributed by atoms with Crippen molar-refractivity contribution in [1.82, 2.24) is 0 Å². The molecule has 0 aromatic rings. The van der Waals surface area contributed by atoms with E-state index in [1.165, 1.54) is 6.42 Å². The van der Waals surface area contributed by atoms with Gasteiger partial charge in [-0.1, -0.05) is 99.9 Å². The van der Waals surface area contributed by atoms with Crippen molar-refractivity contribution in [1.29, 1.82) is 0 Å². The summed E-state index contributed by atoms with van der Waals surface area (Å²) in [5.41, 5.74) is 0. The van der Waals surface area contributed by atoms with E-state index in [2.05, 4.69) is 13.8 Å². The third-order valence-corrected chi connectivity index (χ3v) is 0. The molecule has 0 saturated heterocycles. The third kappa shape index (κ3) is 0. The lowest BCUT2D eigenvalue weighted by Crippen LogP contribution is -1.27. The summed E-state index contributed by atoms with van der Waals surface area (Å²) < 4.78 is 0. The van der Waals surface area contributed by atoms with E-state index in [0.29, 0.717) is 0 Å². The minimum absolute atomic E-state index is 0. The van der Waals surface area contributed by atoms with Gasteiger partial charge in [-0.3, -0.25) is 0 Å². The first kappa shape index (κ1) is 148. The van der Waals surface area contributed by atoms with Crippen molar-refractivity contribution in [3.05, 3.63) is 0 Å². The van der Waals surface area contributed by atoms with Crippen LogP contribution in [0.25, 0.3) is 0 Å². The van der Waals surface area contributed by atoms with Gasteiger partial charge in [0.2, 0.25) is 0 Å². The lowest BCUT2D eigenvalue weighted by molar-refractivity contribution is 1.09. The van der Waals surface area contributed by atoms with Crippen LogP contribution in [0, 0.1) is 0 Å². The maximum absolute atomic E-state index is 2.12. The molecule has 0 saturated carbocycles. The molecule has 0 amide bonds. The second-order valence-electron chi connectivity index (χ2n) is 0.707. The van der Waals surface area contributed by atoms with Crippen LogP contribution in [-0.4, -0.2) is 0 Å². The van der Waals surface area contributed by atoms with Crippen molar-refractivity contribution in [3.63, 3.8) is 0 Å². The lowest BCUT2D eigenvalue weighted by atomic mass is 10.6. The maximum Gasteiger partial charge on any atom is -0.0590 e. The van der Waals surface area contributed by atoms with Crippen LogP contribution in [0.1, 0.15) is 99.9 Å². The highest BCUT2D eigenvalue weighted by Crippen LogP contribution is 1.56. The van der Waals surface area contributed by atoms with E-state index < -0.39 is 0 Å². The van der Waals surface area contributed by atoms with E-state index in [4.69, 9.17) is 0 Å². The molecule has 0 radical (unpaired) electrons. The van der Waals surface area contributed by atoms with Crippen LogP contribution < -0.4 is 0 Å². The fourth-order valence-electron chi connectivity index (χ4n) is 0. The highest BCUT2D eigenvalue weighted by atomic mass is 13.4. The molecule has 0 aromatic heterocycles. The number of hydrogen-bond donors (Lipinski definition) is 0. The summed E-state index contributed by atoms with van der Waals surface area (Å²) in [4.78, 5) is 0. The van der Waals surface area contributed by atoms with Crippen molar-refractivity contribution in [2.45, 2.75) is 99.9 Å². The van der Waals surface area contributed by atoms with Gasteiger partial charge in [-0.05, 0) is 0 Å². The van der Waals surface area contributed by atoms with Gasteiger partial charge >= 0.3 is 0 Å². The van der Waals surface area contributed by atoms with Crippen LogP contribution in [0.4, 0.5) is 0 Å². The van der Waals surface area contributed by atoms with E-state index in [0.717, 1.165) is 0 Å². The zero-order valence-corrected chi connectivity index (χ0v) is 6.71. The predicted molar refractivity (Wildman–Crippen MR) is 85.8 cm³/mol. The minimum Gasteiger partial charge on any atom is -0.0776 e. The normalized spacial score (nSPS) is 2.14. The van der Waals surface area contributed by atoms with E-state index in [-0.39, 0.29) is 52.0 Å². The third-order valence-electron chi connectivity index (χ3n) is 0. The first-order valence-electron chi connectivity index (χ1n) is 3.41. The molecule has 14 heavy (non-hydrogen) atoms. The molecule has 0 spiro atoms. The Labute approximate surface area is 101 Å². The summed E-state index contributed by atoms with van der Waals surface area (Å²) in [5, 5.41) is 0. The van der Waals surface area contributed by atoms with Crippen LogP contribution in [0.5, 0.6) is 0 Å². The summed E-state index contributed by atoms with van der Waals surface area (Å²) in [6, 6.07) is 0. The van der Waals surface area contributed by atoms with E-state index >= 15 is 0 Å². The van der Waals surface area contributed by atoms with Crippen molar-refractivity contribution in [3.8, 4) is 0 Å². The zero-order valence-electron chi connectivity index (χ0n) is 6.71. The van der Waals surface area contributed by atoms with Crippen LogP contribution in [0.15, 0.2) is 0 Å². The van der Waals surface area contributed by atoms with Gasteiger partial charge in [0.25, 0.3) is 0 Å². The van der Waals surface area contributed by atoms with Gasteiger partial charge in [0.1, 0.15) is 0 Å². The summed E-state index contributed by atoms with van der Waals surface area (Å²) in [6.07, 6.45) is 1.25. The Hall–Kier alpha value is 0. The summed E-state index contributed by atoms with van der Waals surface area (Å²) in [6.45, 7) is 12.2. The molecule has 104 valence electrons. The first-order chi connectivity index (χ1) is 3.41. The van der Waals surface area contributed by atoms with Crippen LogP contribution >= 0.6 is 0 Å². The summed E-state index contributed by atoms with van der Waals surface area (Å²) in [5.74, 6) is 0. The molecular formula is C14H48. The van der Waals surface area contributed by atoms with E-state index in [9.17, 15) is 0 Å². The second-order valence-corrected chi connectivity index (χ2v) is 0.707. The minimum atomic E-state index is 0. The molecule has 0 rings (SSSR count). The molecule has 0 heteroatoms. The van der Waals surface area contributed by atoms with Gasteiger partial charge in [-0.25, -0.2) is 0 Å². The van der Waals surface area contributed by atoms with Crippen LogP contribution in [0.2, 0.25) is 0 Å². The molecular weight excluding hydrogens is 168 g/mol.